The molecule has 0 aromatic carbocycles. The summed E-state index contributed by atoms with van der Waals surface area (Å²) in [6, 6.07) is 0.681. The van der Waals surface area contributed by atoms with E-state index in [0.29, 0.717) is 11.6 Å². The van der Waals surface area contributed by atoms with E-state index in [1.807, 2.05) is 0 Å². The lowest BCUT2D eigenvalue weighted by atomic mass is 10.1. The molecule has 0 heterocycles. The molecule has 0 N–H and O–H groups in total. The van der Waals surface area contributed by atoms with Gasteiger partial charge in [0.2, 0.25) is 3.95 Å². The molecule has 0 saturated heterocycles. The van der Waals surface area contributed by atoms with Crippen molar-refractivity contribution >= 4 is 47.5 Å². The smallest absolute Gasteiger partial charge is 0.248 e. The van der Waals surface area contributed by atoms with Crippen molar-refractivity contribution in [3.05, 3.63) is 0 Å². The first-order chi connectivity index (χ1) is 4.76. The minimum Gasteiger partial charge on any atom is -0.304 e. The highest BCUT2D eigenvalue weighted by atomic mass is 127. The molecule has 1 nitrogen and oxygen atoms in total. The summed E-state index contributed by atoms with van der Waals surface area (Å²) in [5, 5.41) is 0. The van der Waals surface area contributed by atoms with Crippen molar-refractivity contribution in [3.63, 3.8) is 0 Å². The first-order valence-electron chi connectivity index (χ1n) is 3.83. The minimum absolute atomic E-state index is 0.341. The first kappa shape index (κ1) is 12.6. The molecular weight excluding hydrogens is 380 g/mol. The van der Waals surface area contributed by atoms with Crippen molar-refractivity contribution in [1.82, 2.24) is 4.57 Å². The lowest BCUT2D eigenvalue weighted by molar-refractivity contribution is 0.216. The number of rotatable bonds is 2. The van der Waals surface area contributed by atoms with Gasteiger partial charge < -0.3 is 4.57 Å². The number of hydrogen-bond acceptors (Lipinski definition) is 1. The SMILES string of the molecule is CC(C)N([SiH](I)I)C(C)(C)C. The van der Waals surface area contributed by atoms with Gasteiger partial charge >= 0.3 is 0 Å². The summed E-state index contributed by atoms with van der Waals surface area (Å²) < 4.78 is 1.94. The van der Waals surface area contributed by atoms with Gasteiger partial charge in [-0.25, -0.2) is 0 Å². The summed E-state index contributed by atoms with van der Waals surface area (Å²) in [5.41, 5.74) is 0.341. The van der Waals surface area contributed by atoms with Crippen LogP contribution in [0.4, 0.5) is 0 Å². The summed E-state index contributed by atoms with van der Waals surface area (Å²) in [7, 11) is 0. The number of nitrogens with zero attached hydrogens (tertiary/aromatic N) is 1. The summed E-state index contributed by atoms with van der Waals surface area (Å²) in [6.45, 7) is 11.4. The van der Waals surface area contributed by atoms with Crippen molar-refractivity contribution in [1.29, 1.82) is 0 Å². The maximum absolute atomic E-state index is 2.63. The van der Waals surface area contributed by atoms with Crippen LogP contribution in [-0.2, 0) is 0 Å². The second-order valence-corrected chi connectivity index (χ2v) is 19.3. The predicted molar refractivity (Wildman–Crippen MR) is 71.9 cm³/mol. The van der Waals surface area contributed by atoms with Crippen LogP contribution in [0, 0.1) is 0 Å². The Bertz CT molecular complexity index is 112. The highest BCUT2D eigenvalue weighted by Gasteiger charge is 2.28. The van der Waals surface area contributed by atoms with E-state index < -0.39 is 3.95 Å². The molecule has 0 atom stereocenters. The first-order valence-corrected chi connectivity index (χ1v) is 12.7. The van der Waals surface area contributed by atoms with Crippen LogP contribution in [-0.4, -0.2) is 20.1 Å². The van der Waals surface area contributed by atoms with Crippen LogP contribution >= 0.6 is 43.6 Å². The molecule has 0 unspecified atom stereocenters. The summed E-state index contributed by atoms with van der Waals surface area (Å²) in [6.07, 6.45) is 0. The quantitative estimate of drug-likeness (QED) is 0.394. The van der Waals surface area contributed by atoms with Crippen LogP contribution in [0.5, 0.6) is 0 Å². The van der Waals surface area contributed by atoms with Crippen molar-refractivity contribution in [3.8, 4) is 0 Å². The zero-order valence-corrected chi connectivity index (χ0v) is 13.3. The van der Waals surface area contributed by atoms with Gasteiger partial charge in [-0.3, -0.25) is 0 Å². The molecule has 0 bridgehead atoms. The van der Waals surface area contributed by atoms with Crippen LogP contribution in [0.2, 0.25) is 0 Å². The normalized spacial score (nSPS) is 13.6. The van der Waals surface area contributed by atoms with Gasteiger partial charge in [0, 0.05) is 5.54 Å². The molecule has 0 radical (unpaired) electrons. The highest BCUT2D eigenvalue weighted by Crippen LogP contribution is 2.24. The summed E-state index contributed by atoms with van der Waals surface area (Å²) in [5.74, 6) is 0. The Morgan fingerprint density at radius 1 is 1.18 bits per heavy atom. The van der Waals surface area contributed by atoms with E-state index in [-0.39, 0.29) is 0 Å². The van der Waals surface area contributed by atoms with E-state index in [0.717, 1.165) is 0 Å². The second-order valence-electron chi connectivity index (χ2n) is 3.95. The van der Waals surface area contributed by atoms with E-state index in [1.165, 1.54) is 0 Å². The summed E-state index contributed by atoms with van der Waals surface area (Å²) >= 11 is 5.19. The predicted octanol–water partition coefficient (Wildman–Crippen LogP) is 3.08. The monoisotopic (exact) mass is 397 g/mol. The fraction of sp³-hybridized carbons (Fsp3) is 1.00. The van der Waals surface area contributed by atoms with Gasteiger partial charge in [0.05, 0.1) is 0 Å². The second kappa shape index (κ2) is 4.76. The van der Waals surface area contributed by atoms with Gasteiger partial charge in [-0.2, -0.15) is 0 Å². The maximum atomic E-state index is 2.63. The fourth-order valence-corrected chi connectivity index (χ4v) is 11.2. The van der Waals surface area contributed by atoms with Crippen LogP contribution in [0.3, 0.4) is 0 Å². The molecule has 0 aromatic heterocycles. The molecular formula is C7H17I2NSi. The largest absolute Gasteiger partial charge is 0.304 e. The molecule has 11 heavy (non-hydrogen) atoms. The highest BCUT2D eigenvalue weighted by molar-refractivity contribution is 14.3. The van der Waals surface area contributed by atoms with Crippen LogP contribution in [0.25, 0.3) is 0 Å². The van der Waals surface area contributed by atoms with E-state index in [2.05, 4.69) is 82.8 Å². The van der Waals surface area contributed by atoms with Gasteiger partial charge in [0.15, 0.2) is 0 Å². The van der Waals surface area contributed by atoms with E-state index in [1.54, 1.807) is 0 Å². The maximum Gasteiger partial charge on any atom is 0.248 e. The molecule has 0 amide bonds. The van der Waals surface area contributed by atoms with E-state index in [9.17, 15) is 0 Å². The molecule has 0 rings (SSSR count). The van der Waals surface area contributed by atoms with Crippen molar-refractivity contribution in [2.24, 2.45) is 0 Å². The third-order valence-electron chi connectivity index (χ3n) is 1.54. The van der Waals surface area contributed by atoms with Gasteiger partial charge in [-0.15, -0.1) is 0 Å². The molecule has 0 spiro atoms. The van der Waals surface area contributed by atoms with Crippen LogP contribution in [0.1, 0.15) is 34.6 Å². The Morgan fingerprint density at radius 3 is 1.55 bits per heavy atom. The molecule has 0 aliphatic rings. The van der Waals surface area contributed by atoms with Crippen molar-refractivity contribution < 1.29 is 0 Å². The van der Waals surface area contributed by atoms with Crippen LogP contribution < -0.4 is 0 Å². The summed E-state index contributed by atoms with van der Waals surface area (Å²) in [4.78, 5) is 0. The van der Waals surface area contributed by atoms with Gasteiger partial charge in [-0.05, 0) is 26.8 Å². The van der Waals surface area contributed by atoms with Crippen molar-refractivity contribution in [2.75, 3.05) is 0 Å². The molecule has 0 aliphatic heterocycles. The Hall–Kier alpha value is 1.64. The van der Waals surface area contributed by atoms with Crippen molar-refractivity contribution in [2.45, 2.75) is 46.2 Å². The molecule has 0 aliphatic carbocycles. The van der Waals surface area contributed by atoms with E-state index >= 15 is 0 Å². The molecule has 68 valence electrons. The Labute approximate surface area is 97.4 Å². The Balaban J connectivity index is 4.35. The third-order valence-corrected chi connectivity index (χ3v) is 6.93. The average Bonchev–Trinajstić information content (AvgIpc) is 1.54. The minimum atomic E-state index is -0.695. The van der Waals surface area contributed by atoms with Crippen LogP contribution in [0.15, 0.2) is 0 Å². The molecule has 0 aromatic rings. The third kappa shape index (κ3) is 4.42. The standard InChI is InChI=1S/C7H17I2NSi/c1-6(2)10(11(8)9)7(3,4)5/h6,11H,1-5H3. The average molecular weight is 397 g/mol. The lowest BCUT2D eigenvalue weighted by Crippen LogP contribution is -2.49. The molecule has 0 saturated carbocycles. The zero-order valence-electron chi connectivity index (χ0n) is 7.86. The van der Waals surface area contributed by atoms with Gasteiger partial charge in [-0.1, -0.05) is 57.4 Å². The van der Waals surface area contributed by atoms with Gasteiger partial charge in [0.1, 0.15) is 0 Å². The fourth-order valence-electron chi connectivity index (χ4n) is 1.29. The topological polar surface area (TPSA) is 3.24 Å². The molecule has 0 fully saturated rings. The Kier molecular flexibility index (Phi) is 5.46. The Morgan fingerprint density at radius 2 is 1.55 bits per heavy atom. The molecule has 4 heteroatoms. The lowest BCUT2D eigenvalue weighted by Gasteiger charge is -2.40. The number of halogens is 2. The zero-order chi connectivity index (χ0) is 9.23. The number of hydrogen-bond donors (Lipinski definition) is 0. The van der Waals surface area contributed by atoms with E-state index in [4.69, 9.17) is 0 Å². The van der Waals surface area contributed by atoms with Gasteiger partial charge in [0.25, 0.3) is 0 Å².